The molecule has 0 aliphatic rings. The number of hydrogen-bond donors (Lipinski definition) is 2. The van der Waals surface area contributed by atoms with Gasteiger partial charge in [-0.15, -0.1) is 0 Å². The molecule has 1 aromatic carbocycles. The van der Waals surface area contributed by atoms with Crippen molar-refractivity contribution in [2.45, 2.75) is 26.8 Å². The summed E-state index contributed by atoms with van der Waals surface area (Å²) in [5.41, 5.74) is 2.83. The van der Waals surface area contributed by atoms with Crippen LogP contribution in [-0.2, 0) is 0 Å². The van der Waals surface area contributed by atoms with Gasteiger partial charge in [0.15, 0.2) is 0 Å². The molecule has 0 aliphatic heterocycles. The molecule has 2 N–H and O–H groups in total. The third-order valence-electron chi connectivity index (χ3n) is 2.35. The van der Waals surface area contributed by atoms with Gasteiger partial charge in [-0.2, -0.15) is 5.26 Å². The summed E-state index contributed by atoms with van der Waals surface area (Å²) in [6.45, 7) is 8.05. The number of anilines is 1. The van der Waals surface area contributed by atoms with Gasteiger partial charge in [-0.25, -0.2) is 0 Å². The average molecular weight is 217 g/mol. The Hall–Kier alpha value is -1.53. The molecule has 3 nitrogen and oxygen atoms in total. The third kappa shape index (κ3) is 3.92. The number of nitrogens with zero attached hydrogens (tertiary/aromatic N) is 1. The smallest absolute Gasteiger partial charge is 0.0994 e. The number of nitriles is 1. The van der Waals surface area contributed by atoms with Crippen LogP contribution in [0.4, 0.5) is 5.69 Å². The normalized spacial score (nSPS) is 10.2. The van der Waals surface area contributed by atoms with E-state index >= 15 is 0 Å². The van der Waals surface area contributed by atoms with Crippen molar-refractivity contribution in [1.82, 2.24) is 5.32 Å². The highest BCUT2D eigenvalue weighted by atomic mass is 15.0. The van der Waals surface area contributed by atoms with Crippen molar-refractivity contribution in [3.8, 4) is 6.07 Å². The van der Waals surface area contributed by atoms with Gasteiger partial charge in [-0.05, 0) is 30.7 Å². The van der Waals surface area contributed by atoms with E-state index in [0.29, 0.717) is 6.04 Å². The predicted octanol–water partition coefficient (Wildman–Crippen LogP) is 2.28. The molecule has 3 heteroatoms. The highest BCUT2D eigenvalue weighted by Gasteiger charge is 1.98. The van der Waals surface area contributed by atoms with Crippen molar-refractivity contribution in [3.63, 3.8) is 0 Å². The van der Waals surface area contributed by atoms with Gasteiger partial charge in [0.05, 0.1) is 11.6 Å². The molecule has 0 aromatic heterocycles. The Kier molecular flexibility index (Phi) is 4.81. The second kappa shape index (κ2) is 6.14. The monoisotopic (exact) mass is 217 g/mol. The molecule has 0 fully saturated rings. The molecule has 0 amide bonds. The Morgan fingerprint density at radius 3 is 2.62 bits per heavy atom. The van der Waals surface area contributed by atoms with Crippen LogP contribution in [-0.4, -0.2) is 19.1 Å². The minimum atomic E-state index is 0.518. The molecular weight excluding hydrogens is 198 g/mol. The fourth-order valence-electron chi connectivity index (χ4n) is 1.47. The standard InChI is InChI=1S/C13H19N3/c1-10(2)15-6-7-16-13-5-4-12(9-14)11(3)8-13/h4-5,8,10,15-16H,6-7H2,1-3H3. The van der Waals surface area contributed by atoms with Gasteiger partial charge in [0.1, 0.15) is 0 Å². The van der Waals surface area contributed by atoms with Crippen molar-refractivity contribution >= 4 is 5.69 Å². The van der Waals surface area contributed by atoms with Crippen molar-refractivity contribution in [1.29, 1.82) is 5.26 Å². The molecule has 0 aliphatic carbocycles. The van der Waals surface area contributed by atoms with Gasteiger partial charge in [0.25, 0.3) is 0 Å². The summed E-state index contributed by atoms with van der Waals surface area (Å²) in [6.07, 6.45) is 0. The van der Waals surface area contributed by atoms with Crippen LogP contribution >= 0.6 is 0 Å². The number of nitrogens with one attached hydrogen (secondary N) is 2. The first kappa shape index (κ1) is 12.5. The van der Waals surface area contributed by atoms with E-state index in [1.807, 2.05) is 25.1 Å². The maximum atomic E-state index is 8.80. The molecule has 16 heavy (non-hydrogen) atoms. The molecule has 1 rings (SSSR count). The molecule has 0 heterocycles. The van der Waals surface area contributed by atoms with Gasteiger partial charge < -0.3 is 10.6 Å². The zero-order valence-electron chi connectivity index (χ0n) is 10.2. The van der Waals surface area contributed by atoms with Crippen LogP contribution in [0.25, 0.3) is 0 Å². The van der Waals surface area contributed by atoms with Crippen LogP contribution < -0.4 is 10.6 Å². The lowest BCUT2D eigenvalue weighted by Crippen LogP contribution is -2.28. The first-order valence-electron chi connectivity index (χ1n) is 5.61. The van der Waals surface area contributed by atoms with Crippen LogP contribution in [0, 0.1) is 18.3 Å². The Bertz CT molecular complexity index is 377. The average Bonchev–Trinajstić information content (AvgIpc) is 2.24. The lowest BCUT2D eigenvalue weighted by Gasteiger charge is -2.10. The largest absolute Gasteiger partial charge is 0.384 e. The van der Waals surface area contributed by atoms with Crippen molar-refractivity contribution in [2.24, 2.45) is 0 Å². The van der Waals surface area contributed by atoms with E-state index in [1.54, 1.807) is 0 Å². The Labute approximate surface area is 97.5 Å². The van der Waals surface area contributed by atoms with Crippen LogP contribution in [0.1, 0.15) is 25.0 Å². The van der Waals surface area contributed by atoms with Gasteiger partial charge >= 0.3 is 0 Å². The van der Waals surface area contributed by atoms with E-state index in [0.717, 1.165) is 29.9 Å². The number of hydrogen-bond acceptors (Lipinski definition) is 3. The molecule has 0 unspecified atom stereocenters. The van der Waals surface area contributed by atoms with Crippen molar-refractivity contribution in [2.75, 3.05) is 18.4 Å². The first-order chi connectivity index (χ1) is 7.63. The maximum absolute atomic E-state index is 8.80. The van der Waals surface area contributed by atoms with Crippen molar-refractivity contribution in [3.05, 3.63) is 29.3 Å². The minimum Gasteiger partial charge on any atom is -0.384 e. The fraction of sp³-hybridized carbons (Fsp3) is 0.462. The minimum absolute atomic E-state index is 0.518. The van der Waals surface area contributed by atoms with Crippen LogP contribution in [0.15, 0.2) is 18.2 Å². The highest BCUT2D eigenvalue weighted by Crippen LogP contribution is 2.13. The Morgan fingerprint density at radius 2 is 2.06 bits per heavy atom. The van der Waals surface area contributed by atoms with Gasteiger partial charge in [-0.1, -0.05) is 13.8 Å². The van der Waals surface area contributed by atoms with Crippen LogP contribution in [0.2, 0.25) is 0 Å². The van der Waals surface area contributed by atoms with Crippen molar-refractivity contribution < 1.29 is 0 Å². The fourth-order valence-corrected chi connectivity index (χ4v) is 1.47. The molecule has 0 atom stereocenters. The summed E-state index contributed by atoms with van der Waals surface area (Å²) >= 11 is 0. The molecule has 0 spiro atoms. The van der Waals surface area contributed by atoms with E-state index < -0.39 is 0 Å². The molecular formula is C13H19N3. The highest BCUT2D eigenvalue weighted by molar-refractivity contribution is 5.51. The second-order valence-corrected chi connectivity index (χ2v) is 4.18. The van der Waals surface area contributed by atoms with E-state index in [4.69, 9.17) is 5.26 Å². The molecule has 0 saturated heterocycles. The maximum Gasteiger partial charge on any atom is 0.0994 e. The van der Waals surface area contributed by atoms with E-state index in [9.17, 15) is 0 Å². The molecule has 0 bridgehead atoms. The number of rotatable bonds is 5. The summed E-state index contributed by atoms with van der Waals surface area (Å²) in [6, 6.07) is 8.49. The van der Waals surface area contributed by atoms with Crippen LogP contribution in [0.3, 0.4) is 0 Å². The Balaban J connectivity index is 2.44. The second-order valence-electron chi connectivity index (χ2n) is 4.18. The molecule has 1 aromatic rings. The lowest BCUT2D eigenvalue weighted by molar-refractivity contribution is 0.602. The van der Waals surface area contributed by atoms with Crippen LogP contribution in [0.5, 0.6) is 0 Å². The number of aryl methyl sites for hydroxylation is 1. The van der Waals surface area contributed by atoms with E-state index in [1.165, 1.54) is 0 Å². The van der Waals surface area contributed by atoms with Gasteiger partial charge in [0.2, 0.25) is 0 Å². The Morgan fingerprint density at radius 1 is 1.31 bits per heavy atom. The first-order valence-corrected chi connectivity index (χ1v) is 5.61. The summed E-state index contributed by atoms with van der Waals surface area (Å²) in [5.74, 6) is 0. The lowest BCUT2D eigenvalue weighted by atomic mass is 10.1. The summed E-state index contributed by atoms with van der Waals surface area (Å²) in [5, 5.41) is 15.5. The SMILES string of the molecule is Cc1cc(NCCNC(C)C)ccc1C#N. The van der Waals surface area contributed by atoms with Gasteiger partial charge in [0, 0.05) is 24.8 Å². The zero-order valence-corrected chi connectivity index (χ0v) is 10.2. The number of benzene rings is 1. The summed E-state index contributed by atoms with van der Waals surface area (Å²) < 4.78 is 0. The predicted molar refractivity (Wildman–Crippen MR) is 67.5 cm³/mol. The molecule has 0 radical (unpaired) electrons. The third-order valence-corrected chi connectivity index (χ3v) is 2.35. The van der Waals surface area contributed by atoms with E-state index in [-0.39, 0.29) is 0 Å². The molecule has 0 saturated carbocycles. The summed E-state index contributed by atoms with van der Waals surface area (Å²) in [7, 11) is 0. The van der Waals surface area contributed by atoms with E-state index in [2.05, 4.69) is 30.6 Å². The molecule has 86 valence electrons. The summed E-state index contributed by atoms with van der Waals surface area (Å²) in [4.78, 5) is 0. The quantitative estimate of drug-likeness (QED) is 0.744. The topological polar surface area (TPSA) is 47.8 Å². The van der Waals surface area contributed by atoms with Gasteiger partial charge in [-0.3, -0.25) is 0 Å². The zero-order chi connectivity index (χ0) is 12.0.